The number of hydrogen-bond acceptors (Lipinski definition) is 3. The molecule has 0 fully saturated rings. The van der Waals surface area contributed by atoms with Crippen LogP contribution >= 0.6 is 24.0 Å². The summed E-state index contributed by atoms with van der Waals surface area (Å²) >= 11 is 0. The van der Waals surface area contributed by atoms with Gasteiger partial charge in [0.1, 0.15) is 18.6 Å². The fourth-order valence-corrected chi connectivity index (χ4v) is 1.05. The van der Waals surface area contributed by atoms with Crippen molar-refractivity contribution in [3.8, 4) is 0 Å². The highest BCUT2D eigenvalue weighted by Crippen LogP contribution is 2.07. The summed E-state index contributed by atoms with van der Waals surface area (Å²) in [6, 6.07) is 1.54. The van der Waals surface area contributed by atoms with E-state index in [9.17, 15) is 4.79 Å². The van der Waals surface area contributed by atoms with Crippen LogP contribution < -0.4 is 16.8 Å². The van der Waals surface area contributed by atoms with E-state index in [4.69, 9.17) is 15.9 Å². The number of nitrogens with two attached hydrogens (primary N) is 2. The van der Waals surface area contributed by atoms with Crippen LogP contribution in [0, 0.1) is 0 Å². The van der Waals surface area contributed by atoms with Crippen LogP contribution in [0.1, 0.15) is 23.0 Å². The molecular weight excluding hydrogens is 347 g/mol. The summed E-state index contributed by atoms with van der Waals surface area (Å²) in [6.07, 6.45) is 1.30. The quantitative estimate of drug-likeness (QED) is 0.313. The Hall–Kier alpha value is -1.51. The fraction of sp³-hybridized carbons (Fsp3) is 0.273. The first-order valence-corrected chi connectivity index (χ1v) is 5.04. The van der Waals surface area contributed by atoms with Gasteiger partial charge < -0.3 is 21.2 Å². The van der Waals surface area contributed by atoms with Gasteiger partial charge in [0.15, 0.2) is 5.96 Å². The van der Waals surface area contributed by atoms with Crippen LogP contribution in [-0.4, -0.2) is 18.4 Å². The number of halogens is 1. The molecule has 0 atom stereocenters. The molecule has 0 saturated heterocycles. The van der Waals surface area contributed by atoms with Crippen molar-refractivity contribution in [3.05, 3.63) is 35.8 Å². The Morgan fingerprint density at radius 3 is 2.72 bits per heavy atom. The molecule has 1 aromatic heterocycles. The predicted octanol–water partition coefficient (Wildman–Crippen LogP) is 0.977. The number of amides is 1. The van der Waals surface area contributed by atoms with Crippen LogP contribution in [0.3, 0.4) is 0 Å². The highest BCUT2D eigenvalue weighted by molar-refractivity contribution is 14.0. The first-order valence-electron chi connectivity index (χ1n) is 5.04. The number of furan rings is 1. The second-order valence-electron chi connectivity index (χ2n) is 3.68. The summed E-state index contributed by atoms with van der Waals surface area (Å²) in [4.78, 5) is 14.8. The maximum atomic E-state index is 10.8. The number of carbonyl (C=O) groups excluding carboxylic acids is 1. The van der Waals surface area contributed by atoms with E-state index in [1.54, 1.807) is 0 Å². The molecule has 1 amide bonds. The van der Waals surface area contributed by atoms with Gasteiger partial charge in [-0.05, 0) is 13.0 Å². The van der Waals surface area contributed by atoms with Gasteiger partial charge >= 0.3 is 0 Å². The molecule has 0 radical (unpaired) electrons. The second kappa shape index (κ2) is 7.75. The Labute approximate surface area is 123 Å². The van der Waals surface area contributed by atoms with E-state index in [0.29, 0.717) is 23.8 Å². The van der Waals surface area contributed by atoms with Crippen LogP contribution in [0.4, 0.5) is 0 Å². The second-order valence-corrected chi connectivity index (χ2v) is 3.68. The lowest BCUT2D eigenvalue weighted by molar-refractivity contribution is 0.0999. The van der Waals surface area contributed by atoms with Gasteiger partial charge in [0, 0.05) is 6.54 Å². The molecule has 18 heavy (non-hydrogen) atoms. The van der Waals surface area contributed by atoms with E-state index >= 15 is 0 Å². The number of aliphatic imine (C=N–C) groups is 1. The molecule has 100 valence electrons. The Kier molecular flexibility index (Phi) is 7.10. The molecule has 1 rings (SSSR count). The third-order valence-electron chi connectivity index (χ3n) is 1.91. The Morgan fingerprint density at radius 1 is 1.56 bits per heavy atom. The molecular formula is C11H17IN4O2. The number of primary amides is 1. The maximum absolute atomic E-state index is 10.8. The van der Waals surface area contributed by atoms with Crippen LogP contribution in [-0.2, 0) is 6.54 Å². The van der Waals surface area contributed by atoms with Crippen molar-refractivity contribution in [1.82, 2.24) is 5.32 Å². The third kappa shape index (κ3) is 5.71. The van der Waals surface area contributed by atoms with Gasteiger partial charge in [-0.2, -0.15) is 0 Å². The molecule has 1 heterocycles. The zero-order valence-corrected chi connectivity index (χ0v) is 12.4. The fourth-order valence-electron chi connectivity index (χ4n) is 1.05. The zero-order chi connectivity index (χ0) is 12.8. The van der Waals surface area contributed by atoms with Crippen molar-refractivity contribution in [3.63, 3.8) is 0 Å². The van der Waals surface area contributed by atoms with E-state index < -0.39 is 5.91 Å². The standard InChI is InChI=1S/C11H16N4O2.HI/c1-7(2)4-14-11(13)15-5-9-3-8(6-17-9)10(12)16;/h3,6H,1,4-5H2,2H3,(H2,12,16)(H3,13,14,15);1H. The highest BCUT2D eigenvalue weighted by atomic mass is 127. The van der Waals surface area contributed by atoms with Gasteiger partial charge in [0.25, 0.3) is 5.91 Å². The molecule has 0 aliphatic carbocycles. The predicted molar refractivity (Wildman–Crippen MR) is 80.8 cm³/mol. The minimum Gasteiger partial charge on any atom is -0.467 e. The smallest absolute Gasteiger partial charge is 0.251 e. The normalized spacial score (nSPS) is 10.6. The van der Waals surface area contributed by atoms with Gasteiger partial charge in [-0.15, -0.1) is 24.0 Å². The SMILES string of the molecule is C=C(C)CNC(N)=NCc1cc(C(N)=O)co1.I. The Bertz CT molecular complexity index is 454. The number of nitrogens with one attached hydrogen (secondary N) is 1. The molecule has 5 N–H and O–H groups in total. The monoisotopic (exact) mass is 364 g/mol. The molecule has 7 heteroatoms. The van der Waals surface area contributed by atoms with Crippen molar-refractivity contribution in [2.24, 2.45) is 16.5 Å². The van der Waals surface area contributed by atoms with Crippen LogP contribution in [0.2, 0.25) is 0 Å². The summed E-state index contributed by atoms with van der Waals surface area (Å²) in [5.41, 5.74) is 12.0. The Morgan fingerprint density at radius 2 is 2.22 bits per heavy atom. The molecule has 6 nitrogen and oxygen atoms in total. The van der Waals surface area contributed by atoms with Crippen LogP contribution in [0.5, 0.6) is 0 Å². The zero-order valence-electron chi connectivity index (χ0n) is 10.1. The molecule has 0 spiro atoms. The first-order chi connectivity index (χ1) is 7.99. The largest absolute Gasteiger partial charge is 0.467 e. The number of guanidine groups is 1. The van der Waals surface area contributed by atoms with Crippen molar-refractivity contribution < 1.29 is 9.21 Å². The minimum atomic E-state index is -0.530. The van der Waals surface area contributed by atoms with E-state index in [0.717, 1.165) is 5.57 Å². The summed E-state index contributed by atoms with van der Waals surface area (Å²) < 4.78 is 5.09. The van der Waals surface area contributed by atoms with Crippen LogP contribution in [0.25, 0.3) is 0 Å². The number of nitrogens with zero attached hydrogens (tertiary/aromatic N) is 1. The van der Waals surface area contributed by atoms with E-state index in [1.165, 1.54) is 12.3 Å². The lowest BCUT2D eigenvalue weighted by Crippen LogP contribution is -2.32. The maximum Gasteiger partial charge on any atom is 0.251 e. The molecule has 1 aromatic rings. The van der Waals surface area contributed by atoms with Crippen LogP contribution in [0.15, 0.2) is 33.9 Å². The van der Waals surface area contributed by atoms with Gasteiger partial charge in [0.2, 0.25) is 0 Å². The third-order valence-corrected chi connectivity index (χ3v) is 1.91. The molecule has 0 aliphatic heterocycles. The van der Waals surface area contributed by atoms with E-state index in [1.807, 2.05) is 6.92 Å². The van der Waals surface area contributed by atoms with Crippen molar-refractivity contribution in [1.29, 1.82) is 0 Å². The van der Waals surface area contributed by atoms with Gasteiger partial charge in [-0.3, -0.25) is 4.79 Å². The van der Waals surface area contributed by atoms with Gasteiger partial charge in [0.05, 0.1) is 5.56 Å². The minimum absolute atomic E-state index is 0. The van der Waals surface area contributed by atoms with E-state index in [-0.39, 0.29) is 30.5 Å². The molecule has 0 unspecified atom stereocenters. The number of hydrogen-bond donors (Lipinski definition) is 3. The number of carbonyl (C=O) groups is 1. The van der Waals surface area contributed by atoms with Crippen molar-refractivity contribution >= 4 is 35.8 Å². The van der Waals surface area contributed by atoms with Gasteiger partial charge in [-0.25, -0.2) is 4.99 Å². The lowest BCUT2D eigenvalue weighted by Gasteiger charge is -2.03. The summed E-state index contributed by atoms with van der Waals surface area (Å²) in [6.45, 7) is 6.43. The van der Waals surface area contributed by atoms with E-state index in [2.05, 4.69) is 16.9 Å². The first kappa shape index (κ1) is 16.5. The summed E-state index contributed by atoms with van der Waals surface area (Å²) in [5, 5.41) is 2.88. The lowest BCUT2D eigenvalue weighted by atomic mass is 10.3. The topological polar surface area (TPSA) is 107 Å². The summed E-state index contributed by atoms with van der Waals surface area (Å²) in [5.74, 6) is 0.293. The molecule has 0 aliphatic rings. The average Bonchev–Trinajstić information content (AvgIpc) is 2.72. The molecule has 0 bridgehead atoms. The average molecular weight is 364 g/mol. The van der Waals surface area contributed by atoms with Crippen molar-refractivity contribution in [2.75, 3.05) is 6.54 Å². The number of rotatable bonds is 5. The highest BCUT2D eigenvalue weighted by Gasteiger charge is 2.05. The van der Waals surface area contributed by atoms with Gasteiger partial charge in [-0.1, -0.05) is 12.2 Å². The molecule has 0 aromatic carbocycles. The summed E-state index contributed by atoms with van der Waals surface area (Å²) in [7, 11) is 0. The van der Waals surface area contributed by atoms with Crippen molar-refractivity contribution in [2.45, 2.75) is 13.5 Å². The Balaban J connectivity index is 0.00000289. The molecule has 0 saturated carbocycles.